The van der Waals surface area contributed by atoms with Crippen molar-refractivity contribution < 1.29 is 18.9 Å². The summed E-state index contributed by atoms with van der Waals surface area (Å²) < 4.78 is 16.8. The van der Waals surface area contributed by atoms with Crippen LogP contribution < -0.4 is 10.2 Å². The first kappa shape index (κ1) is 20.3. The van der Waals surface area contributed by atoms with Gasteiger partial charge in [0.15, 0.2) is 0 Å². The summed E-state index contributed by atoms with van der Waals surface area (Å²) in [7, 11) is -1.13. The molecule has 1 amide bonds. The van der Waals surface area contributed by atoms with Gasteiger partial charge >= 0.3 is 5.97 Å². The molecule has 2 atom stereocenters. The molecule has 3 aliphatic rings. The molecule has 2 saturated heterocycles. The number of carboxylic acids is 1. The van der Waals surface area contributed by atoms with E-state index in [1.807, 2.05) is 4.90 Å². The number of carboxylic acid groups (broad SMARTS) is 1. The van der Waals surface area contributed by atoms with E-state index in [4.69, 9.17) is 4.98 Å². The van der Waals surface area contributed by atoms with Crippen molar-refractivity contribution in [2.75, 3.05) is 42.1 Å². The van der Waals surface area contributed by atoms with Gasteiger partial charge in [0, 0.05) is 62.6 Å². The highest BCUT2D eigenvalue weighted by atomic mass is 32.2. The molecule has 3 aliphatic heterocycles. The third-order valence-corrected chi connectivity index (χ3v) is 8.13. The van der Waals surface area contributed by atoms with Gasteiger partial charge in [-0.2, -0.15) is 9.36 Å². The summed E-state index contributed by atoms with van der Waals surface area (Å²) >= 11 is 1.16. The van der Waals surface area contributed by atoms with Gasteiger partial charge in [-0.3, -0.25) is 9.00 Å². The number of amides is 1. The van der Waals surface area contributed by atoms with Crippen molar-refractivity contribution in [3.8, 4) is 0 Å². The molecule has 5 heterocycles. The van der Waals surface area contributed by atoms with Gasteiger partial charge in [0.25, 0.3) is 0 Å². The van der Waals surface area contributed by atoms with E-state index in [1.165, 1.54) is 0 Å². The number of rotatable bonds is 5. The lowest BCUT2D eigenvalue weighted by Crippen LogP contribution is -2.46. The van der Waals surface area contributed by atoms with Crippen LogP contribution in [0, 0.1) is 0 Å². The third-order valence-electron chi connectivity index (χ3n) is 6.03. The molecular weight excluding hydrogens is 440 g/mol. The monoisotopic (exact) mass is 462 g/mol. The van der Waals surface area contributed by atoms with Crippen molar-refractivity contribution in [3.63, 3.8) is 0 Å². The van der Waals surface area contributed by atoms with E-state index < -0.39 is 16.8 Å². The quantitative estimate of drug-likeness (QED) is 0.667. The Hall–Kier alpha value is -2.60. The van der Waals surface area contributed by atoms with Crippen molar-refractivity contribution in [2.45, 2.75) is 36.6 Å². The van der Waals surface area contributed by atoms with E-state index in [9.17, 15) is 18.9 Å². The van der Waals surface area contributed by atoms with Crippen LogP contribution in [0.4, 0.5) is 11.8 Å². The average Bonchev–Trinajstić information content (AvgIpc) is 3.41. The fourth-order valence-electron chi connectivity index (χ4n) is 4.30. The summed E-state index contributed by atoms with van der Waals surface area (Å²) in [5, 5.41) is 14.3. The van der Waals surface area contributed by atoms with E-state index in [2.05, 4.69) is 14.7 Å². The molecule has 31 heavy (non-hydrogen) atoms. The van der Waals surface area contributed by atoms with Crippen LogP contribution in [-0.2, 0) is 22.0 Å². The zero-order chi connectivity index (χ0) is 21.7. The molecular formula is C19H22N6O4S2. The zero-order valence-electron chi connectivity index (χ0n) is 16.9. The number of carbonyl (C=O) groups excluding carboxylic acids is 1. The van der Waals surface area contributed by atoms with Gasteiger partial charge in [-0.25, -0.2) is 9.78 Å². The van der Waals surface area contributed by atoms with Gasteiger partial charge < -0.3 is 20.2 Å². The highest BCUT2D eigenvalue weighted by molar-refractivity contribution is 7.85. The zero-order valence-corrected chi connectivity index (χ0v) is 18.5. The Morgan fingerprint density at radius 3 is 2.81 bits per heavy atom. The highest BCUT2D eigenvalue weighted by Gasteiger charge is 2.37. The Balaban J connectivity index is 1.36. The first-order chi connectivity index (χ1) is 14.9. The van der Waals surface area contributed by atoms with Gasteiger partial charge in [0.1, 0.15) is 10.7 Å². The number of aryl methyl sites for hydroxylation is 1. The first-order valence-electron chi connectivity index (χ1n) is 10.1. The number of aromatic carboxylic acids is 1. The topological polar surface area (TPSA) is 129 Å². The van der Waals surface area contributed by atoms with Crippen LogP contribution in [0.5, 0.6) is 0 Å². The Morgan fingerprint density at radius 2 is 2.10 bits per heavy atom. The van der Waals surface area contributed by atoms with E-state index in [1.54, 1.807) is 17.2 Å². The van der Waals surface area contributed by atoms with Crippen LogP contribution in [0.3, 0.4) is 0 Å². The van der Waals surface area contributed by atoms with Crippen molar-refractivity contribution in [1.29, 1.82) is 0 Å². The number of anilines is 2. The fraction of sp³-hybridized carbons (Fsp3) is 0.526. The number of likely N-dealkylation sites (tertiary alicyclic amines) is 1. The Bertz CT molecular complexity index is 1080. The number of nitrogens with one attached hydrogen (secondary N) is 1. The summed E-state index contributed by atoms with van der Waals surface area (Å²) in [4.78, 5) is 36.9. The van der Waals surface area contributed by atoms with Crippen molar-refractivity contribution in [3.05, 3.63) is 22.3 Å². The molecule has 1 unspecified atom stereocenters. The maximum Gasteiger partial charge on any atom is 0.338 e. The molecule has 0 bridgehead atoms. The largest absolute Gasteiger partial charge is 0.478 e. The second-order valence-corrected chi connectivity index (χ2v) is 10.2. The smallest absolute Gasteiger partial charge is 0.338 e. The molecule has 0 saturated carbocycles. The summed E-state index contributed by atoms with van der Waals surface area (Å²) in [5.74, 6) is 0.811. The van der Waals surface area contributed by atoms with E-state index in [0.717, 1.165) is 23.6 Å². The van der Waals surface area contributed by atoms with E-state index in [-0.39, 0.29) is 23.4 Å². The third kappa shape index (κ3) is 3.67. The standard InChI is InChI=1S/C19H22N6O4S2/c1-10(26)24-4-2-12(8-24)20-17-16-14(3-5-31(16)29)21-19(22-17)25-6-11(7-25)15-13(18(27)28)9-30-23-15/h9,11-12H,2-8H2,1H3,(H,27,28)(H,20,21,22)/t12-,31?/m0/s1. The number of fused-ring (bicyclic) bond motifs is 1. The lowest BCUT2D eigenvalue weighted by atomic mass is 9.94. The summed E-state index contributed by atoms with van der Waals surface area (Å²) in [5.41, 5.74) is 1.68. The van der Waals surface area contributed by atoms with E-state index >= 15 is 0 Å². The van der Waals surface area contributed by atoms with Gasteiger partial charge in [-0.15, -0.1) is 0 Å². The molecule has 2 aromatic rings. The predicted molar refractivity (Wildman–Crippen MR) is 115 cm³/mol. The van der Waals surface area contributed by atoms with Crippen molar-refractivity contribution >= 4 is 46.0 Å². The molecule has 5 rings (SSSR count). The minimum Gasteiger partial charge on any atom is -0.478 e. The van der Waals surface area contributed by atoms with Crippen LogP contribution in [0.15, 0.2) is 10.3 Å². The maximum atomic E-state index is 12.6. The van der Waals surface area contributed by atoms with Crippen molar-refractivity contribution in [1.82, 2.24) is 19.2 Å². The number of hydrogen-bond donors (Lipinski definition) is 2. The highest BCUT2D eigenvalue weighted by Crippen LogP contribution is 2.35. The molecule has 2 aromatic heterocycles. The molecule has 0 spiro atoms. The van der Waals surface area contributed by atoms with Crippen LogP contribution in [0.25, 0.3) is 0 Å². The van der Waals surface area contributed by atoms with E-state index in [0.29, 0.717) is 60.7 Å². The maximum absolute atomic E-state index is 12.6. The van der Waals surface area contributed by atoms with Gasteiger partial charge in [-0.1, -0.05) is 0 Å². The van der Waals surface area contributed by atoms with Crippen LogP contribution >= 0.6 is 11.5 Å². The van der Waals surface area contributed by atoms with Crippen molar-refractivity contribution in [2.24, 2.45) is 0 Å². The second kappa shape index (κ2) is 7.83. The molecule has 164 valence electrons. The molecule has 10 nitrogen and oxygen atoms in total. The molecule has 0 aromatic carbocycles. The lowest BCUT2D eigenvalue weighted by Gasteiger charge is -2.39. The van der Waals surface area contributed by atoms with Crippen LogP contribution in [-0.4, -0.2) is 78.4 Å². The number of nitrogens with zero attached hydrogens (tertiary/aromatic N) is 5. The number of carbonyl (C=O) groups is 2. The predicted octanol–water partition coefficient (Wildman–Crippen LogP) is 0.931. The Labute approximate surface area is 185 Å². The van der Waals surface area contributed by atoms with Gasteiger partial charge in [0.05, 0.1) is 27.8 Å². The fourth-order valence-corrected chi connectivity index (χ4v) is 6.35. The van der Waals surface area contributed by atoms with Crippen LogP contribution in [0.1, 0.15) is 41.0 Å². The average molecular weight is 463 g/mol. The number of hydrogen-bond acceptors (Lipinski definition) is 9. The Kier molecular flexibility index (Phi) is 5.13. The SMILES string of the molecule is CC(=O)N1CC[C@H](Nc2nc(N3CC(c4nscc4C(=O)O)C3)nc3c2S(=O)CC3)C1. The second-order valence-electron chi connectivity index (χ2n) is 8.06. The normalized spacial score (nSPS) is 23.0. The minimum atomic E-state index is -1.13. The molecule has 0 radical (unpaired) electrons. The molecule has 2 N–H and O–H groups in total. The van der Waals surface area contributed by atoms with Crippen LogP contribution in [0.2, 0.25) is 0 Å². The minimum absolute atomic E-state index is 0.0266. The summed E-state index contributed by atoms with van der Waals surface area (Å²) in [6.45, 7) is 4.04. The van der Waals surface area contributed by atoms with Gasteiger partial charge in [-0.05, 0) is 18.0 Å². The lowest BCUT2D eigenvalue weighted by molar-refractivity contribution is -0.127. The summed E-state index contributed by atoms with van der Waals surface area (Å²) in [6.07, 6.45) is 1.46. The number of aromatic nitrogens is 3. The summed E-state index contributed by atoms with van der Waals surface area (Å²) in [6, 6.07) is 0.0608. The van der Waals surface area contributed by atoms with Gasteiger partial charge in [0.2, 0.25) is 11.9 Å². The first-order valence-corrected chi connectivity index (χ1v) is 12.3. The Morgan fingerprint density at radius 1 is 1.29 bits per heavy atom. The molecule has 2 fully saturated rings. The molecule has 12 heteroatoms. The molecule has 0 aliphatic carbocycles.